The van der Waals surface area contributed by atoms with Gasteiger partial charge < -0.3 is 20.9 Å². The number of unbranched alkanes of at least 4 members (excludes halogenated alkanes) is 2. The van der Waals surface area contributed by atoms with E-state index in [1.54, 1.807) is 30.3 Å². The fourth-order valence-electron chi connectivity index (χ4n) is 4.52. The van der Waals surface area contributed by atoms with Gasteiger partial charge in [-0.2, -0.15) is 0 Å². The Bertz CT molecular complexity index is 1330. The van der Waals surface area contributed by atoms with Crippen molar-refractivity contribution in [2.75, 3.05) is 25.0 Å². The van der Waals surface area contributed by atoms with Gasteiger partial charge in [-0.15, -0.1) is 0 Å². The number of hydrogen-bond acceptors (Lipinski definition) is 3. The molecule has 0 bridgehead atoms. The molecule has 1 aliphatic rings. The molecule has 1 aliphatic heterocycles. The minimum absolute atomic E-state index is 0.0585. The molecule has 0 saturated heterocycles. The summed E-state index contributed by atoms with van der Waals surface area (Å²) >= 11 is 0. The van der Waals surface area contributed by atoms with Crippen LogP contribution in [0.2, 0.25) is 0 Å². The van der Waals surface area contributed by atoms with Gasteiger partial charge >= 0.3 is 0 Å². The normalized spacial score (nSPS) is 13.6. The number of carbonyl (C=O) groups is 2. The monoisotopic (exact) mass is 506 g/mol. The van der Waals surface area contributed by atoms with Gasteiger partial charge in [0, 0.05) is 29.1 Å². The van der Waals surface area contributed by atoms with Crippen molar-refractivity contribution >= 4 is 29.2 Å². The average Bonchev–Trinajstić information content (AvgIpc) is 3.41. The molecule has 0 atom stereocenters. The van der Waals surface area contributed by atoms with E-state index < -0.39 is 11.6 Å². The Hall–Kier alpha value is -3.78. The summed E-state index contributed by atoms with van der Waals surface area (Å²) in [5.74, 6) is -2.57. The lowest BCUT2D eigenvalue weighted by molar-refractivity contribution is -0.110. The zero-order chi connectivity index (χ0) is 26.4. The summed E-state index contributed by atoms with van der Waals surface area (Å²) in [5, 5.41) is 9.11. The zero-order valence-corrected chi connectivity index (χ0v) is 21.1. The number of carbonyl (C=O) groups excluding carboxylic acids is 2. The topological polar surface area (TPSA) is 86.0 Å². The second-order valence-corrected chi connectivity index (χ2v) is 9.19. The highest BCUT2D eigenvalue weighted by molar-refractivity contribution is 6.36. The van der Waals surface area contributed by atoms with Crippen LogP contribution in [0.15, 0.2) is 42.5 Å². The molecule has 194 valence electrons. The van der Waals surface area contributed by atoms with E-state index in [0.29, 0.717) is 34.6 Å². The zero-order valence-electron chi connectivity index (χ0n) is 21.1. The van der Waals surface area contributed by atoms with Crippen LogP contribution in [-0.4, -0.2) is 36.4 Å². The third kappa shape index (κ3) is 5.97. The first kappa shape index (κ1) is 26.3. The number of aromatic nitrogens is 1. The molecule has 0 saturated carbocycles. The molecule has 2 aromatic carbocycles. The van der Waals surface area contributed by atoms with Crippen LogP contribution in [0.1, 0.15) is 59.9 Å². The smallest absolute Gasteiger partial charge is 0.256 e. The third-order valence-corrected chi connectivity index (χ3v) is 6.36. The molecule has 6 nitrogen and oxygen atoms in total. The Labute approximate surface area is 215 Å². The molecule has 1 aromatic heterocycles. The number of rotatable bonds is 11. The Morgan fingerprint density at radius 2 is 1.76 bits per heavy atom. The largest absolute Gasteiger partial charge is 0.358 e. The van der Waals surface area contributed by atoms with Gasteiger partial charge in [-0.1, -0.05) is 44.0 Å². The summed E-state index contributed by atoms with van der Waals surface area (Å²) in [7, 11) is 0. The first-order valence-electron chi connectivity index (χ1n) is 12.7. The van der Waals surface area contributed by atoms with Gasteiger partial charge in [0.25, 0.3) is 11.8 Å². The van der Waals surface area contributed by atoms with Gasteiger partial charge in [-0.3, -0.25) is 9.59 Å². The second-order valence-electron chi connectivity index (χ2n) is 9.19. The molecule has 0 spiro atoms. The van der Waals surface area contributed by atoms with E-state index in [1.165, 1.54) is 25.0 Å². The summed E-state index contributed by atoms with van der Waals surface area (Å²) < 4.78 is 28.6. The number of aryl methyl sites for hydroxylation is 1. The minimum Gasteiger partial charge on any atom is -0.358 e. The van der Waals surface area contributed by atoms with E-state index in [2.05, 4.69) is 27.9 Å². The lowest BCUT2D eigenvalue weighted by Crippen LogP contribution is -2.27. The molecular formula is C29H32F2N4O2. The van der Waals surface area contributed by atoms with Crippen molar-refractivity contribution in [3.63, 3.8) is 0 Å². The van der Waals surface area contributed by atoms with E-state index in [9.17, 15) is 18.4 Å². The molecule has 2 heterocycles. The highest BCUT2D eigenvalue weighted by Crippen LogP contribution is 2.41. The van der Waals surface area contributed by atoms with Crippen molar-refractivity contribution in [1.29, 1.82) is 0 Å². The van der Waals surface area contributed by atoms with Gasteiger partial charge in [0.1, 0.15) is 0 Å². The van der Waals surface area contributed by atoms with Crippen LogP contribution >= 0.6 is 0 Å². The van der Waals surface area contributed by atoms with Crippen LogP contribution in [0, 0.1) is 18.6 Å². The number of nitrogens with one attached hydrogen (secondary N) is 4. The van der Waals surface area contributed by atoms with Crippen LogP contribution in [0.5, 0.6) is 0 Å². The Kier molecular flexibility index (Phi) is 8.50. The van der Waals surface area contributed by atoms with Crippen molar-refractivity contribution in [3.05, 3.63) is 76.6 Å². The summed E-state index contributed by atoms with van der Waals surface area (Å²) in [6.07, 6.45) is 5.93. The van der Waals surface area contributed by atoms with Crippen molar-refractivity contribution in [3.8, 4) is 11.1 Å². The fraction of sp³-hybridized carbons (Fsp3) is 0.310. The fourth-order valence-corrected chi connectivity index (χ4v) is 4.52. The molecule has 0 fully saturated rings. The molecular weight excluding hydrogens is 474 g/mol. The quantitative estimate of drug-likeness (QED) is 0.200. The first-order chi connectivity index (χ1) is 17.9. The summed E-state index contributed by atoms with van der Waals surface area (Å²) in [5.41, 5.74) is 3.32. The first-order valence-corrected chi connectivity index (χ1v) is 12.7. The molecule has 0 aliphatic carbocycles. The number of amides is 2. The van der Waals surface area contributed by atoms with Crippen molar-refractivity contribution in [2.24, 2.45) is 0 Å². The second kappa shape index (κ2) is 12.0. The lowest BCUT2D eigenvalue weighted by atomic mass is 9.93. The number of fused-ring (bicyclic) bond motifs is 1. The molecule has 4 N–H and O–H groups in total. The highest BCUT2D eigenvalue weighted by Gasteiger charge is 2.29. The number of hydrogen-bond donors (Lipinski definition) is 4. The molecule has 0 unspecified atom stereocenters. The van der Waals surface area contributed by atoms with Gasteiger partial charge in [0.2, 0.25) is 0 Å². The van der Waals surface area contributed by atoms with Crippen molar-refractivity contribution < 1.29 is 18.4 Å². The third-order valence-electron chi connectivity index (χ3n) is 6.36. The molecule has 3 aromatic rings. The Morgan fingerprint density at radius 3 is 2.57 bits per heavy atom. The number of benzene rings is 2. The lowest BCUT2D eigenvalue weighted by Gasteiger charge is -2.10. The standard InChI is InChI=1S/C29H32F2N4O2/c1-3-4-5-13-32-14-8-15-33-28(36)21-16-18(2)34-25(21)17-22-26-19(9-7-12-24(26)35-29(22)37)20-10-6-11-23(30)27(20)31/h6-7,9-12,16-17,32,34H,3-5,8,13-15H2,1-2H3,(H,33,36)(H,35,37)/b22-17-. The number of aromatic amines is 1. The number of anilines is 1. The van der Waals surface area contributed by atoms with E-state index in [1.807, 2.05) is 6.92 Å². The summed E-state index contributed by atoms with van der Waals surface area (Å²) in [6.45, 7) is 6.32. The predicted molar refractivity (Wildman–Crippen MR) is 143 cm³/mol. The molecule has 4 rings (SSSR count). The van der Waals surface area contributed by atoms with Crippen LogP contribution in [-0.2, 0) is 4.79 Å². The van der Waals surface area contributed by atoms with Gasteiger partial charge in [-0.05, 0) is 62.7 Å². The minimum atomic E-state index is -0.981. The van der Waals surface area contributed by atoms with Crippen LogP contribution in [0.25, 0.3) is 22.8 Å². The van der Waals surface area contributed by atoms with E-state index in [4.69, 9.17) is 0 Å². The molecule has 8 heteroatoms. The van der Waals surface area contributed by atoms with Crippen molar-refractivity contribution in [2.45, 2.75) is 39.5 Å². The van der Waals surface area contributed by atoms with Crippen LogP contribution in [0.3, 0.4) is 0 Å². The van der Waals surface area contributed by atoms with Gasteiger partial charge in [0.15, 0.2) is 11.6 Å². The van der Waals surface area contributed by atoms with Gasteiger partial charge in [-0.25, -0.2) is 8.78 Å². The van der Waals surface area contributed by atoms with E-state index in [-0.39, 0.29) is 23.0 Å². The number of halogens is 2. The van der Waals surface area contributed by atoms with Crippen molar-refractivity contribution in [1.82, 2.24) is 15.6 Å². The average molecular weight is 507 g/mol. The van der Waals surface area contributed by atoms with E-state index in [0.717, 1.165) is 37.7 Å². The van der Waals surface area contributed by atoms with Crippen LogP contribution < -0.4 is 16.0 Å². The highest BCUT2D eigenvalue weighted by atomic mass is 19.2. The number of H-pyrrole nitrogens is 1. The SMILES string of the molecule is CCCCCNCCCNC(=O)c1cc(C)[nH]c1/C=C1\C(=O)Nc2cccc(-c3cccc(F)c3F)c21. The Morgan fingerprint density at radius 1 is 1.00 bits per heavy atom. The maximum atomic E-state index is 14.7. The molecule has 2 amide bonds. The molecule has 0 radical (unpaired) electrons. The summed E-state index contributed by atoms with van der Waals surface area (Å²) in [6, 6.07) is 10.7. The van der Waals surface area contributed by atoms with Crippen LogP contribution in [0.4, 0.5) is 14.5 Å². The summed E-state index contributed by atoms with van der Waals surface area (Å²) in [4.78, 5) is 29.0. The van der Waals surface area contributed by atoms with E-state index >= 15 is 0 Å². The van der Waals surface area contributed by atoms with Gasteiger partial charge in [0.05, 0.1) is 16.8 Å². The maximum Gasteiger partial charge on any atom is 0.256 e. The molecule has 37 heavy (non-hydrogen) atoms. The predicted octanol–water partition coefficient (Wildman–Crippen LogP) is 5.66. The maximum absolute atomic E-state index is 14.7. The Balaban J connectivity index is 1.56.